The number of fused-ring (bicyclic) bond motifs is 1. The van der Waals surface area contributed by atoms with Gasteiger partial charge in [-0.05, 0) is 43.4 Å². The Morgan fingerprint density at radius 3 is 2.75 bits per heavy atom. The van der Waals surface area contributed by atoms with Crippen LogP contribution >= 0.6 is 23.1 Å². The number of amides is 1. The zero-order valence-corrected chi connectivity index (χ0v) is 12.7. The van der Waals surface area contributed by atoms with Crippen molar-refractivity contribution >= 4 is 40.0 Å². The molecule has 2 aliphatic rings. The molecule has 0 spiro atoms. The number of hydrogen-bond acceptors (Lipinski definition) is 4. The molecule has 1 fully saturated rings. The number of carbonyl (C=O) groups is 2. The fourth-order valence-electron chi connectivity index (χ4n) is 2.86. The van der Waals surface area contributed by atoms with Gasteiger partial charge in [0, 0.05) is 4.88 Å². The van der Waals surface area contributed by atoms with Gasteiger partial charge in [-0.2, -0.15) is 0 Å². The van der Waals surface area contributed by atoms with E-state index in [0.717, 1.165) is 48.3 Å². The Labute approximate surface area is 125 Å². The van der Waals surface area contributed by atoms with E-state index in [1.165, 1.54) is 17.8 Å². The molecule has 2 heterocycles. The third kappa shape index (κ3) is 2.59. The number of thioether (sulfide) groups is 1. The Morgan fingerprint density at radius 2 is 2.05 bits per heavy atom. The summed E-state index contributed by atoms with van der Waals surface area (Å²) in [6.45, 7) is 0. The van der Waals surface area contributed by atoms with Gasteiger partial charge in [0.05, 0.1) is 10.8 Å². The molecule has 2 N–H and O–H groups in total. The maximum atomic E-state index is 12.3. The standard InChI is InChI=1S/C14H17NO3S2/c16-12(10-5-1-2-7-19-10)15-13-11(14(17)18)8-4-3-6-9(8)20-13/h10H,1-7H2,(H,15,16)(H,17,18). The molecular weight excluding hydrogens is 294 g/mol. The molecule has 0 saturated carbocycles. The Bertz CT molecular complexity index is 547. The van der Waals surface area contributed by atoms with Gasteiger partial charge in [0.2, 0.25) is 5.91 Å². The molecule has 108 valence electrons. The van der Waals surface area contributed by atoms with Crippen molar-refractivity contribution in [3.05, 3.63) is 16.0 Å². The van der Waals surface area contributed by atoms with Gasteiger partial charge in [0.15, 0.2) is 0 Å². The third-order valence-corrected chi connectivity index (χ3v) is 6.43. The van der Waals surface area contributed by atoms with Crippen LogP contribution in [0.3, 0.4) is 0 Å². The number of nitrogens with one attached hydrogen (secondary N) is 1. The van der Waals surface area contributed by atoms with Crippen molar-refractivity contribution in [1.29, 1.82) is 0 Å². The third-order valence-electron chi connectivity index (χ3n) is 3.84. The predicted octanol–water partition coefficient (Wildman–Crippen LogP) is 3.16. The lowest BCUT2D eigenvalue weighted by Crippen LogP contribution is -2.27. The van der Waals surface area contributed by atoms with Crippen LogP contribution < -0.4 is 5.32 Å². The number of anilines is 1. The van der Waals surface area contributed by atoms with Crippen LogP contribution in [-0.4, -0.2) is 28.0 Å². The fraction of sp³-hybridized carbons (Fsp3) is 0.571. The quantitative estimate of drug-likeness (QED) is 0.900. The largest absolute Gasteiger partial charge is 0.478 e. The Balaban J connectivity index is 1.80. The molecule has 1 aliphatic carbocycles. The van der Waals surface area contributed by atoms with Crippen molar-refractivity contribution < 1.29 is 14.7 Å². The minimum absolute atomic E-state index is 0.0256. The van der Waals surface area contributed by atoms with Gasteiger partial charge in [-0.15, -0.1) is 23.1 Å². The molecule has 4 nitrogen and oxygen atoms in total. The number of carboxylic acids is 1. The van der Waals surface area contributed by atoms with E-state index in [0.29, 0.717) is 10.6 Å². The van der Waals surface area contributed by atoms with Crippen LogP contribution in [0.15, 0.2) is 0 Å². The first-order valence-corrected chi connectivity index (χ1v) is 8.83. The number of hydrogen-bond donors (Lipinski definition) is 2. The molecule has 3 rings (SSSR count). The Morgan fingerprint density at radius 1 is 1.20 bits per heavy atom. The Kier molecular flexibility index (Phi) is 4.03. The van der Waals surface area contributed by atoms with E-state index >= 15 is 0 Å². The van der Waals surface area contributed by atoms with Crippen molar-refractivity contribution in [2.45, 2.75) is 43.8 Å². The molecule has 0 aromatic carbocycles. The predicted molar refractivity (Wildman–Crippen MR) is 82.0 cm³/mol. The van der Waals surface area contributed by atoms with E-state index in [-0.39, 0.29) is 11.2 Å². The number of aromatic carboxylic acids is 1. The normalized spacial score (nSPS) is 21.5. The van der Waals surface area contributed by atoms with Crippen LogP contribution in [0.1, 0.15) is 46.5 Å². The lowest BCUT2D eigenvalue weighted by atomic mass is 10.1. The minimum Gasteiger partial charge on any atom is -0.478 e. The summed E-state index contributed by atoms with van der Waals surface area (Å²) in [7, 11) is 0. The van der Waals surface area contributed by atoms with Crippen molar-refractivity contribution in [3.8, 4) is 0 Å². The molecule has 6 heteroatoms. The van der Waals surface area contributed by atoms with Crippen LogP contribution in [-0.2, 0) is 17.6 Å². The number of carbonyl (C=O) groups excluding carboxylic acids is 1. The summed E-state index contributed by atoms with van der Waals surface area (Å²) in [5.41, 5.74) is 1.27. The highest BCUT2D eigenvalue weighted by molar-refractivity contribution is 8.00. The van der Waals surface area contributed by atoms with E-state index in [4.69, 9.17) is 0 Å². The molecule has 1 atom stereocenters. The molecule has 1 unspecified atom stereocenters. The molecule has 1 aromatic rings. The second-order valence-electron chi connectivity index (χ2n) is 5.21. The lowest BCUT2D eigenvalue weighted by Gasteiger charge is -2.20. The smallest absolute Gasteiger partial charge is 0.339 e. The minimum atomic E-state index is -0.920. The molecule has 20 heavy (non-hydrogen) atoms. The van der Waals surface area contributed by atoms with Gasteiger partial charge < -0.3 is 10.4 Å². The highest BCUT2D eigenvalue weighted by Gasteiger charge is 2.29. The van der Waals surface area contributed by atoms with Crippen LogP contribution in [0.5, 0.6) is 0 Å². The van der Waals surface area contributed by atoms with Gasteiger partial charge in [0.25, 0.3) is 0 Å². The summed E-state index contributed by atoms with van der Waals surface area (Å²) in [4.78, 5) is 24.8. The van der Waals surface area contributed by atoms with E-state index < -0.39 is 5.97 Å². The first-order valence-electron chi connectivity index (χ1n) is 6.97. The summed E-state index contributed by atoms with van der Waals surface area (Å²) in [6, 6.07) is 0. The topological polar surface area (TPSA) is 66.4 Å². The van der Waals surface area contributed by atoms with Gasteiger partial charge in [-0.3, -0.25) is 4.79 Å². The lowest BCUT2D eigenvalue weighted by molar-refractivity contribution is -0.115. The summed E-state index contributed by atoms with van der Waals surface area (Å²) in [5, 5.41) is 12.8. The van der Waals surface area contributed by atoms with Crippen LogP contribution in [0.25, 0.3) is 0 Å². The molecule has 1 saturated heterocycles. The van der Waals surface area contributed by atoms with Gasteiger partial charge in [0.1, 0.15) is 5.00 Å². The van der Waals surface area contributed by atoms with Crippen molar-refractivity contribution in [2.75, 3.05) is 11.1 Å². The van der Waals surface area contributed by atoms with E-state index in [9.17, 15) is 14.7 Å². The molecule has 0 radical (unpaired) electrons. The maximum absolute atomic E-state index is 12.3. The highest BCUT2D eigenvalue weighted by Crippen LogP contribution is 2.39. The number of thiophene rings is 1. The van der Waals surface area contributed by atoms with E-state index in [1.54, 1.807) is 11.8 Å². The first-order chi connectivity index (χ1) is 9.66. The summed E-state index contributed by atoms with van der Waals surface area (Å²) in [5.74, 6) is 0.0679. The summed E-state index contributed by atoms with van der Waals surface area (Å²) >= 11 is 3.13. The maximum Gasteiger partial charge on any atom is 0.339 e. The molecule has 1 aliphatic heterocycles. The zero-order chi connectivity index (χ0) is 14.1. The highest BCUT2D eigenvalue weighted by atomic mass is 32.2. The molecule has 1 aromatic heterocycles. The number of aryl methyl sites for hydroxylation is 1. The average molecular weight is 311 g/mol. The average Bonchev–Trinajstić information content (AvgIpc) is 2.99. The van der Waals surface area contributed by atoms with Crippen LogP contribution in [0, 0.1) is 0 Å². The monoisotopic (exact) mass is 311 g/mol. The fourth-order valence-corrected chi connectivity index (χ4v) is 5.34. The SMILES string of the molecule is O=C(O)c1c(NC(=O)C2CCCCS2)sc2c1CCC2. The summed E-state index contributed by atoms with van der Waals surface area (Å²) < 4.78 is 0. The van der Waals surface area contributed by atoms with Crippen LogP contribution in [0.2, 0.25) is 0 Å². The van der Waals surface area contributed by atoms with Gasteiger partial charge in [-0.1, -0.05) is 6.42 Å². The van der Waals surface area contributed by atoms with E-state index in [1.807, 2.05) is 0 Å². The summed E-state index contributed by atoms with van der Waals surface area (Å²) in [6.07, 6.45) is 5.92. The number of carboxylic acid groups (broad SMARTS) is 1. The molecule has 1 amide bonds. The van der Waals surface area contributed by atoms with Gasteiger partial charge in [-0.25, -0.2) is 4.79 Å². The number of rotatable bonds is 3. The second kappa shape index (κ2) is 5.77. The first kappa shape index (κ1) is 13.9. The molecule has 0 bridgehead atoms. The van der Waals surface area contributed by atoms with Gasteiger partial charge >= 0.3 is 5.97 Å². The van der Waals surface area contributed by atoms with Crippen molar-refractivity contribution in [1.82, 2.24) is 0 Å². The molecular formula is C14H17NO3S2. The van der Waals surface area contributed by atoms with Crippen LogP contribution in [0.4, 0.5) is 5.00 Å². The van der Waals surface area contributed by atoms with Crippen molar-refractivity contribution in [2.24, 2.45) is 0 Å². The van der Waals surface area contributed by atoms with E-state index in [2.05, 4.69) is 5.32 Å². The Hall–Kier alpha value is -1.01. The zero-order valence-electron chi connectivity index (χ0n) is 11.1. The second-order valence-corrected chi connectivity index (χ2v) is 7.63. The van der Waals surface area contributed by atoms with Crippen molar-refractivity contribution in [3.63, 3.8) is 0 Å².